The van der Waals surface area contributed by atoms with Crippen molar-refractivity contribution in [3.8, 4) is 0 Å². The average Bonchev–Trinajstić information content (AvgIpc) is 3.62. The molecule has 3 rings (SSSR count). The van der Waals surface area contributed by atoms with Gasteiger partial charge in [0.1, 0.15) is 12.1 Å². The fourth-order valence-electron chi connectivity index (χ4n) is 6.92. The lowest BCUT2D eigenvalue weighted by atomic mass is 9.55. The summed E-state index contributed by atoms with van der Waals surface area (Å²) in [7, 11) is -3.53. The Balaban J connectivity index is 1.85. The zero-order chi connectivity index (χ0) is 34.4. The zero-order valence-electron chi connectivity index (χ0n) is 29.3. The maximum atomic E-state index is 14.4. The highest BCUT2D eigenvalue weighted by molar-refractivity contribution is 7.92. The molecule has 11 nitrogen and oxygen atoms in total. The summed E-state index contributed by atoms with van der Waals surface area (Å²) in [5.74, 6) is -0.920. The maximum absolute atomic E-state index is 14.4. The minimum Gasteiger partial charge on any atom is -0.344 e. The Bertz CT molecular complexity index is 1240. The second-order valence-electron chi connectivity index (χ2n) is 17.0. The van der Waals surface area contributed by atoms with Gasteiger partial charge in [-0.3, -0.25) is 14.4 Å². The number of amides is 4. The number of sulfone groups is 1. The van der Waals surface area contributed by atoms with Crippen LogP contribution in [0, 0.1) is 34.5 Å². The van der Waals surface area contributed by atoms with Crippen molar-refractivity contribution in [2.24, 2.45) is 40.2 Å². The Hall–Kier alpha value is -2.21. The molecule has 7 atom stereocenters. The van der Waals surface area contributed by atoms with Gasteiger partial charge in [-0.1, -0.05) is 61.3 Å². The number of ketones is 1. The number of fused-ring (bicyclic) bond motifs is 1. The van der Waals surface area contributed by atoms with Crippen LogP contribution in [0.15, 0.2) is 0 Å². The molecule has 2 aliphatic carbocycles. The molecule has 3 fully saturated rings. The summed E-state index contributed by atoms with van der Waals surface area (Å²) in [6, 6.07) is -4.51. The van der Waals surface area contributed by atoms with Gasteiger partial charge in [-0.2, -0.15) is 0 Å². The molecule has 0 aromatic heterocycles. The van der Waals surface area contributed by atoms with Crippen molar-refractivity contribution in [2.45, 2.75) is 137 Å². The van der Waals surface area contributed by atoms with Crippen LogP contribution in [0.5, 0.6) is 0 Å². The normalized spacial score (nSPS) is 25.8. The van der Waals surface area contributed by atoms with E-state index in [2.05, 4.69) is 29.8 Å². The van der Waals surface area contributed by atoms with E-state index >= 15 is 0 Å². The fraction of sp³-hybridized carbons (Fsp3) is 0.879. The van der Waals surface area contributed by atoms with Crippen molar-refractivity contribution in [1.29, 1.82) is 0 Å². The quantitative estimate of drug-likeness (QED) is 0.251. The average molecular weight is 654 g/mol. The third-order valence-electron chi connectivity index (χ3n) is 10.1. The minimum atomic E-state index is -3.53. The molecular formula is C33H59N5O6S. The van der Waals surface area contributed by atoms with E-state index in [-0.39, 0.29) is 46.5 Å². The molecule has 3 aliphatic rings. The highest BCUT2D eigenvalue weighted by atomic mass is 32.2. The molecule has 1 heterocycles. The number of likely N-dealkylation sites (tertiary alicyclic amines) is 1. The summed E-state index contributed by atoms with van der Waals surface area (Å²) in [4.78, 5) is 56.4. The predicted molar refractivity (Wildman–Crippen MR) is 176 cm³/mol. The molecule has 0 aromatic carbocycles. The molecule has 1 saturated heterocycles. The van der Waals surface area contributed by atoms with E-state index in [0.29, 0.717) is 18.9 Å². The van der Waals surface area contributed by atoms with Crippen LogP contribution < -0.4 is 21.7 Å². The molecule has 0 bridgehead atoms. The SMILES string of the molecule is CC(N)C(=O)C(CC1CC1)NC(=O)[C@@H]1C2C(CN1C(=O)[C@@H](NC(=O)N[C@H](CS(=O)(=O)C(C)(C)C)C(C)C)C(C)(C)C)CC2(C)C. The highest BCUT2D eigenvalue weighted by Crippen LogP contribution is 2.57. The number of carbonyl (C=O) groups is 4. The molecule has 5 N–H and O–H groups in total. The van der Waals surface area contributed by atoms with Gasteiger partial charge < -0.3 is 26.6 Å². The Kier molecular flexibility index (Phi) is 10.9. The van der Waals surface area contributed by atoms with E-state index in [1.165, 1.54) is 0 Å². The summed E-state index contributed by atoms with van der Waals surface area (Å²) in [5.41, 5.74) is 5.04. The van der Waals surface area contributed by atoms with Crippen LogP contribution >= 0.6 is 0 Å². The van der Waals surface area contributed by atoms with Crippen LogP contribution in [-0.2, 0) is 24.2 Å². The number of hydrogen-bond donors (Lipinski definition) is 4. The second-order valence-corrected chi connectivity index (χ2v) is 19.8. The second kappa shape index (κ2) is 13.1. The molecule has 45 heavy (non-hydrogen) atoms. The van der Waals surface area contributed by atoms with Gasteiger partial charge in [0.25, 0.3) is 0 Å². The molecule has 0 spiro atoms. The first-order valence-electron chi connectivity index (χ1n) is 16.6. The van der Waals surface area contributed by atoms with Gasteiger partial charge in [0, 0.05) is 12.6 Å². The molecule has 0 aromatic rings. The summed E-state index contributed by atoms with van der Waals surface area (Å²) in [6.45, 7) is 20.3. The number of Topliss-reactive ketones (excluding diaryl/α,β-unsaturated/α-hetero) is 1. The van der Waals surface area contributed by atoms with Crippen LogP contribution in [-0.4, -0.2) is 84.2 Å². The van der Waals surface area contributed by atoms with E-state index in [9.17, 15) is 27.6 Å². The van der Waals surface area contributed by atoms with E-state index in [1.807, 2.05) is 34.6 Å². The summed E-state index contributed by atoms with van der Waals surface area (Å²) >= 11 is 0. The van der Waals surface area contributed by atoms with Crippen LogP contribution in [0.25, 0.3) is 0 Å². The number of rotatable bonds is 12. The molecule has 2 saturated carbocycles. The van der Waals surface area contributed by atoms with Gasteiger partial charge in [0.15, 0.2) is 15.6 Å². The van der Waals surface area contributed by atoms with Crippen molar-refractivity contribution < 1.29 is 27.6 Å². The zero-order valence-corrected chi connectivity index (χ0v) is 30.1. The van der Waals surface area contributed by atoms with Gasteiger partial charge >= 0.3 is 6.03 Å². The first-order chi connectivity index (χ1) is 20.4. The van der Waals surface area contributed by atoms with E-state index in [1.54, 1.807) is 32.6 Å². The van der Waals surface area contributed by atoms with Crippen molar-refractivity contribution in [3.05, 3.63) is 0 Å². The number of urea groups is 1. The molecule has 4 unspecified atom stereocenters. The Labute approximate surface area is 270 Å². The monoisotopic (exact) mass is 653 g/mol. The van der Waals surface area contributed by atoms with Gasteiger partial charge in [-0.25, -0.2) is 13.2 Å². The molecule has 1 aliphatic heterocycles. The van der Waals surface area contributed by atoms with Gasteiger partial charge in [-0.05, 0) is 75.0 Å². The lowest BCUT2D eigenvalue weighted by Gasteiger charge is -2.49. The van der Waals surface area contributed by atoms with Crippen LogP contribution in [0.4, 0.5) is 4.79 Å². The lowest BCUT2D eigenvalue weighted by Crippen LogP contribution is -2.62. The van der Waals surface area contributed by atoms with Gasteiger partial charge in [-0.15, -0.1) is 0 Å². The molecule has 12 heteroatoms. The molecule has 0 radical (unpaired) electrons. The Morgan fingerprint density at radius 1 is 0.956 bits per heavy atom. The third-order valence-corrected chi connectivity index (χ3v) is 12.7. The number of nitrogens with one attached hydrogen (secondary N) is 3. The summed E-state index contributed by atoms with van der Waals surface area (Å²) in [6.07, 6.45) is 3.44. The van der Waals surface area contributed by atoms with Gasteiger partial charge in [0.05, 0.1) is 22.6 Å². The van der Waals surface area contributed by atoms with E-state index < -0.39 is 56.2 Å². The standard InChI is InChI=1S/C33H59N5O6S/c1-18(2)23(17-45(43,44)32(7,8)9)36-30(42)37-27(31(4,5)6)29(41)38-16-21-15-33(10,11)24(21)25(38)28(40)35-22(14-20-12-13-20)26(39)19(3)34/h18-25,27H,12-17,34H2,1-11H3,(H,35,40)(H2,36,37,42)/t19?,21?,22?,23-,24?,25+,27-/m1/s1. The summed E-state index contributed by atoms with van der Waals surface area (Å²) < 4.78 is 24.9. The lowest BCUT2D eigenvalue weighted by molar-refractivity contribution is -0.145. The van der Waals surface area contributed by atoms with Crippen molar-refractivity contribution in [1.82, 2.24) is 20.9 Å². The van der Waals surface area contributed by atoms with Gasteiger partial charge in [0.2, 0.25) is 11.8 Å². The largest absolute Gasteiger partial charge is 0.344 e. The number of nitrogens with zero attached hydrogens (tertiary/aromatic N) is 1. The highest BCUT2D eigenvalue weighted by Gasteiger charge is 2.61. The van der Waals surface area contributed by atoms with Crippen molar-refractivity contribution in [2.75, 3.05) is 12.3 Å². The number of nitrogens with two attached hydrogens (primary N) is 1. The third kappa shape index (κ3) is 8.58. The predicted octanol–water partition coefficient (Wildman–Crippen LogP) is 3.01. The van der Waals surface area contributed by atoms with Crippen LogP contribution in [0.3, 0.4) is 0 Å². The van der Waals surface area contributed by atoms with Crippen molar-refractivity contribution in [3.63, 3.8) is 0 Å². The Morgan fingerprint density at radius 2 is 1.53 bits per heavy atom. The summed E-state index contributed by atoms with van der Waals surface area (Å²) in [5, 5.41) is 8.65. The molecule has 258 valence electrons. The fourth-order valence-corrected chi connectivity index (χ4v) is 8.36. The number of hydrogen-bond acceptors (Lipinski definition) is 7. The molecule has 4 amide bonds. The smallest absolute Gasteiger partial charge is 0.315 e. The first-order valence-corrected chi connectivity index (χ1v) is 18.2. The van der Waals surface area contributed by atoms with Crippen molar-refractivity contribution >= 4 is 33.5 Å². The maximum Gasteiger partial charge on any atom is 0.315 e. The number of carbonyl (C=O) groups excluding carboxylic acids is 4. The minimum absolute atomic E-state index is 0.0872. The topological polar surface area (TPSA) is 168 Å². The van der Waals surface area contributed by atoms with Crippen LogP contribution in [0.2, 0.25) is 0 Å². The Morgan fingerprint density at radius 3 is 1.98 bits per heavy atom. The van der Waals surface area contributed by atoms with E-state index in [4.69, 9.17) is 5.73 Å². The van der Waals surface area contributed by atoms with E-state index in [0.717, 1.165) is 19.3 Å². The van der Waals surface area contributed by atoms with Crippen LogP contribution in [0.1, 0.15) is 102 Å². The molecular weight excluding hydrogens is 594 g/mol. The first kappa shape index (κ1) is 37.2.